The molecule has 0 aromatic heterocycles. The second kappa shape index (κ2) is 5.99. The summed E-state index contributed by atoms with van der Waals surface area (Å²) < 4.78 is 5.29. The van der Waals surface area contributed by atoms with E-state index in [1.54, 1.807) is 0 Å². The monoisotopic (exact) mass is 286 g/mol. The maximum Gasteiger partial charge on any atom is 0.289 e. The Morgan fingerprint density at radius 3 is 2.63 bits per heavy atom. The van der Waals surface area contributed by atoms with Crippen LogP contribution in [0.4, 0.5) is 11.4 Å². The summed E-state index contributed by atoms with van der Waals surface area (Å²) >= 11 is 5.67. The minimum absolute atomic E-state index is 0.0222. The van der Waals surface area contributed by atoms with Gasteiger partial charge in [-0.1, -0.05) is 11.6 Å². The minimum atomic E-state index is -0.607. The van der Waals surface area contributed by atoms with Gasteiger partial charge in [-0.15, -0.1) is 0 Å². The van der Waals surface area contributed by atoms with Crippen LogP contribution >= 0.6 is 11.6 Å². The maximum atomic E-state index is 11.6. The fourth-order valence-electron chi connectivity index (χ4n) is 1.21. The van der Waals surface area contributed by atoms with Crippen LogP contribution in [0.3, 0.4) is 0 Å². The first-order valence-electron chi connectivity index (χ1n) is 5.57. The number of rotatable bonds is 4. The molecule has 0 saturated carbocycles. The molecule has 0 saturated heterocycles. The molecule has 6 nitrogen and oxygen atoms in total. The molecule has 1 aromatic carbocycles. The third-order valence-electron chi connectivity index (χ3n) is 2.06. The quantitative estimate of drug-likeness (QED) is 0.681. The highest BCUT2D eigenvalue weighted by Crippen LogP contribution is 2.27. The summed E-state index contributed by atoms with van der Waals surface area (Å²) in [6.45, 7) is 5.36. The smallest absolute Gasteiger partial charge is 0.289 e. The highest BCUT2D eigenvalue weighted by Gasteiger charge is 2.16. The number of carbonyl (C=O) groups excluding carboxylic acids is 1. The van der Waals surface area contributed by atoms with Crippen molar-refractivity contribution in [3.63, 3.8) is 0 Å². The van der Waals surface area contributed by atoms with Gasteiger partial charge in [-0.25, -0.2) is 0 Å². The lowest BCUT2D eigenvalue weighted by atomic mass is 10.2. The molecule has 0 spiro atoms. The number of nitro groups is 1. The van der Waals surface area contributed by atoms with Crippen molar-refractivity contribution >= 4 is 28.9 Å². The number of carbonyl (C=O) groups is 1. The number of benzene rings is 1. The Balaban J connectivity index is 2.70. The van der Waals surface area contributed by atoms with Crippen molar-refractivity contribution in [1.29, 1.82) is 0 Å². The molecular formula is C12H15ClN2O4. The molecule has 0 aliphatic rings. The standard InChI is InChI=1S/C12H15ClN2O4/c1-12(2,3)19-7-11(16)14-8-4-5-9(13)10(6-8)15(17)18/h4-6H,7H2,1-3H3,(H,14,16). The molecule has 7 heteroatoms. The lowest BCUT2D eigenvalue weighted by molar-refractivity contribution is -0.384. The number of nitrogens with one attached hydrogen (secondary N) is 1. The molecule has 1 rings (SSSR count). The number of nitro benzene ring substituents is 1. The third-order valence-corrected chi connectivity index (χ3v) is 2.38. The van der Waals surface area contributed by atoms with Gasteiger partial charge in [0.05, 0.1) is 10.5 Å². The molecule has 104 valence electrons. The molecule has 0 bridgehead atoms. The summed E-state index contributed by atoms with van der Waals surface area (Å²) in [5.74, 6) is -0.383. The Morgan fingerprint density at radius 2 is 2.11 bits per heavy atom. The molecule has 0 aliphatic carbocycles. The van der Waals surface area contributed by atoms with Crippen molar-refractivity contribution < 1.29 is 14.5 Å². The van der Waals surface area contributed by atoms with Crippen LogP contribution in [-0.2, 0) is 9.53 Å². The van der Waals surface area contributed by atoms with Crippen molar-refractivity contribution in [3.05, 3.63) is 33.3 Å². The van der Waals surface area contributed by atoms with Crippen LogP contribution in [0.25, 0.3) is 0 Å². The molecule has 1 N–H and O–H groups in total. The Morgan fingerprint density at radius 1 is 1.47 bits per heavy atom. The molecule has 0 aliphatic heterocycles. The second-order valence-corrected chi connectivity index (χ2v) is 5.28. The number of amides is 1. The van der Waals surface area contributed by atoms with E-state index >= 15 is 0 Å². The van der Waals surface area contributed by atoms with Gasteiger partial charge in [0.15, 0.2) is 0 Å². The van der Waals surface area contributed by atoms with E-state index in [9.17, 15) is 14.9 Å². The van der Waals surface area contributed by atoms with E-state index in [0.29, 0.717) is 5.69 Å². The van der Waals surface area contributed by atoms with Crippen LogP contribution < -0.4 is 5.32 Å². The van der Waals surface area contributed by atoms with Gasteiger partial charge in [0.2, 0.25) is 5.91 Å². The Hall–Kier alpha value is -1.66. The third kappa shape index (κ3) is 5.23. The summed E-state index contributed by atoms with van der Waals surface area (Å²) in [4.78, 5) is 21.7. The molecule has 1 amide bonds. The van der Waals surface area contributed by atoms with Gasteiger partial charge in [-0.2, -0.15) is 0 Å². The molecule has 0 heterocycles. The summed E-state index contributed by atoms with van der Waals surface area (Å²) in [6, 6.07) is 4.06. The average molecular weight is 287 g/mol. The highest BCUT2D eigenvalue weighted by atomic mass is 35.5. The molecule has 0 fully saturated rings. The Bertz CT molecular complexity index is 497. The van der Waals surface area contributed by atoms with E-state index in [0.717, 1.165) is 0 Å². The average Bonchev–Trinajstić information content (AvgIpc) is 2.28. The SMILES string of the molecule is CC(C)(C)OCC(=O)Nc1ccc(Cl)c([N+](=O)[O-])c1. The van der Waals surface area contributed by atoms with Crippen LogP contribution in [0, 0.1) is 10.1 Å². The van der Waals surface area contributed by atoms with Crippen molar-refractivity contribution in [3.8, 4) is 0 Å². The van der Waals surface area contributed by atoms with E-state index in [1.807, 2.05) is 20.8 Å². The van der Waals surface area contributed by atoms with E-state index in [2.05, 4.69) is 5.32 Å². The predicted molar refractivity (Wildman–Crippen MR) is 72.4 cm³/mol. The Labute approximate surface area is 115 Å². The van der Waals surface area contributed by atoms with Gasteiger partial charge in [-0.3, -0.25) is 14.9 Å². The second-order valence-electron chi connectivity index (χ2n) is 4.87. The number of halogens is 1. The van der Waals surface area contributed by atoms with Gasteiger partial charge in [0.25, 0.3) is 5.69 Å². The number of hydrogen-bond acceptors (Lipinski definition) is 4. The normalized spacial score (nSPS) is 11.2. The lowest BCUT2D eigenvalue weighted by Gasteiger charge is -2.18. The zero-order chi connectivity index (χ0) is 14.6. The van der Waals surface area contributed by atoms with Crippen LogP contribution in [-0.4, -0.2) is 23.0 Å². The Kier molecular flexibility index (Phi) is 4.85. The predicted octanol–water partition coefficient (Wildman–Crippen LogP) is 3.00. The van der Waals surface area contributed by atoms with E-state index in [-0.39, 0.29) is 23.2 Å². The van der Waals surface area contributed by atoms with Gasteiger partial charge < -0.3 is 10.1 Å². The largest absolute Gasteiger partial charge is 0.366 e. The van der Waals surface area contributed by atoms with E-state index < -0.39 is 10.5 Å². The van der Waals surface area contributed by atoms with Crippen molar-refractivity contribution in [2.24, 2.45) is 0 Å². The minimum Gasteiger partial charge on any atom is -0.366 e. The molecule has 1 aromatic rings. The summed E-state index contributed by atoms with van der Waals surface area (Å²) in [5, 5.41) is 13.2. The van der Waals surface area contributed by atoms with Crippen molar-refractivity contribution in [2.75, 3.05) is 11.9 Å². The van der Waals surface area contributed by atoms with Gasteiger partial charge in [0.1, 0.15) is 11.6 Å². The van der Waals surface area contributed by atoms with Crippen LogP contribution in [0.2, 0.25) is 5.02 Å². The van der Waals surface area contributed by atoms with Crippen LogP contribution in [0.15, 0.2) is 18.2 Å². The number of anilines is 1. The van der Waals surface area contributed by atoms with E-state index in [1.165, 1.54) is 18.2 Å². The van der Waals surface area contributed by atoms with Crippen LogP contribution in [0.5, 0.6) is 0 Å². The molecule has 0 radical (unpaired) electrons. The number of nitrogens with zero attached hydrogens (tertiary/aromatic N) is 1. The first kappa shape index (κ1) is 15.4. The maximum absolute atomic E-state index is 11.6. The summed E-state index contributed by atoms with van der Waals surface area (Å²) in [5.41, 5.74) is -0.376. The molecule has 0 unspecified atom stereocenters. The molecular weight excluding hydrogens is 272 g/mol. The zero-order valence-corrected chi connectivity index (χ0v) is 11.7. The first-order valence-corrected chi connectivity index (χ1v) is 5.94. The first-order chi connectivity index (χ1) is 8.69. The summed E-state index contributed by atoms with van der Waals surface area (Å²) in [7, 11) is 0. The number of hydrogen-bond donors (Lipinski definition) is 1. The molecule has 19 heavy (non-hydrogen) atoms. The van der Waals surface area contributed by atoms with Crippen LogP contribution in [0.1, 0.15) is 20.8 Å². The van der Waals surface area contributed by atoms with Gasteiger partial charge >= 0.3 is 0 Å². The topological polar surface area (TPSA) is 81.5 Å². The fraction of sp³-hybridized carbons (Fsp3) is 0.417. The highest BCUT2D eigenvalue weighted by molar-refractivity contribution is 6.32. The van der Waals surface area contributed by atoms with Crippen molar-refractivity contribution in [2.45, 2.75) is 26.4 Å². The van der Waals surface area contributed by atoms with Gasteiger partial charge in [-0.05, 0) is 32.9 Å². The molecule has 0 atom stereocenters. The van der Waals surface area contributed by atoms with Gasteiger partial charge in [0, 0.05) is 11.8 Å². The lowest BCUT2D eigenvalue weighted by Crippen LogP contribution is -2.27. The zero-order valence-electron chi connectivity index (χ0n) is 10.9. The fourth-order valence-corrected chi connectivity index (χ4v) is 1.40. The summed E-state index contributed by atoms with van der Waals surface area (Å²) in [6.07, 6.45) is 0. The number of ether oxygens (including phenoxy) is 1. The van der Waals surface area contributed by atoms with E-state index in [4.69, 9.17) is 16.3 Å². The van der Waals surface area contributed by atoms with Crippen molar-refractivity contribution in [1.82, 2.24) is 0 Å².